The zero-order valence-electron chi connectivity index (χ0n) is 15.7. The highest BCUT2D eigenvalue weighted by molar-refractivity contribution is 7.89. The first-order valence-corrected chi connectivity index (χ1v) is 10.6. The summed E-state index contributed by atoms with van der Waals surface area (Å²) in [6.07, 6.45) is 2.73. The van der Waals surface area contributed by atoms with Crippen LogP contribution in [0.15, 0.2) is 47.4 Å². The van der Waals surface area contributed by atoms with Crippen molar-refractivity contribution in [3.05, 3.63) is 64.7 Å². The number of esters is 1. The second-order valence-corrected chi connectivity index (χ2v) is 8.74. The van der Waals surface area contributed by atoms with Gasteiger partial charge in [-0.05, 0) is 55.2 Å². The summed E-state index contributed by atoms with van der Waals surface area (Å²) in [6.45, 7) is 2.74. The van der Waals surface area contributed by atoms with Crippen molar-refractivity contribution >= 4 is 16.0 Å². The summed E-state index contributed by atoms with van der Waals surface area (Å²) in [5.74, 6) is -0.600. The molecule has 146 valence electrons. The minimum atomic E-state index is -3.64. The fourth-order valence-electron chi connectivity index (χ4n) is 3.21. The Balaban J connectivity index is 1.78. The van der Waals surface area contributed by atoms with Crippen molar-refractivity contribution in [1.29, 1.82) is 5.26 Å². The van der Waals surface area contributed by atoms with E-state index in [0.29, 0.717) is 29.8 Å². The van der Waals surface area contributed by atoms with Crippen LogP contribution in [-0.4, -0.2) is 31.8 Å². The maximum atomic E-state index is 13.0. The first-order chi connectivity index (χ1) is 13.4. The Morgan fingerprint density at radius 1 is 1.14 bits per heavy atom. The van der Waals surface area contributed by atoms with Crippen molar-refractivity contribution in [2.45, 2.75) is 37.7 Å². The van der Waals surface area contributed by atoms with Gasteiger partial charge in [-0.15, -0.1) is 0 Å². The summed E-state index contributed by atoms with van der Waals surface area (Å²) in [6, 6.07) is 13.4. The number of rotatable bonds is 5. The minimum Gasteiger partial charge on any atom is -0.457 e. The van der Waals surface area contributed by atoms with E-state index >= 15 is 0 Å². The molecule has 1 heterocycles. The highest BCUT2D eigenvalue weighted by Crippen LogP contribution is 2.24. The number of benzene rings is 2. The summed E-state index contributed by atoms with van der Waals surface area (Å²) in [5.41, 5.74) is 1.97. The molecule has 0 aromatic heterocycles. The van der Waals surface area contributed by atoms with E-state index in [1.807, 2.05) is 6.07 Å². The van der Waals surface area contributed by atoms with Crippen LogP contribution in [-0.2, 0) is 21.4 Å². The third-order valence-electron chi connectivity index (χ3n) is 4.78. The number of piperidine rings is 1. The Morgan fingerprint density at radius 3 is 2.61 bits per heavy atom. The molecule has 1 saturated heterocycles. The van der Waals surface area contributed by atoms with Crippen LogP contribution in [0.5, 0.6) is 0 Å². The molecule has 7 heteroatoms. The predicted octanol–water partition coefficient (Wildman–Crippen LogP) is 3.40. The largest absolute Gasteiger partial charge is 0.457 e. The van der Waals surface area contributed by atoms with E-state index in [1.54, 1.807) is 43.3 Å². The van der Waals surface area contributed by atoms with Crippen LogP contribution in [0.3, 0.4) is 0 Å². The highest BCUT2D eigenvalue weighted by atomic mass is 32.2. The number of carbonyl (C=O) groups is 1. The van der Waals surface area contributed by atoms with Crippen molar-refractivity contribution in [1.82, 2.24) is 4.31 Å². The molecule has 1 aliphatic rings. The smallest absolute Gasteiger partial charge is 0.338 e. The Kier molecular flexibility index (Phi) is 6.12. The van der Waals surface area contributed by atoms with Gasteiger partial charge in [0.25, 0.3) is 0 Å². The molecule has 28 heavy (non-hydrogen) atoms. The molecule has 1 aliphatic heterocycles. The molecule has 0 N–H and O–H groups in total. The number of ether oxygens (including phenoxy) is 1. The first-order valence-electron chi connectivity index (χ1n) is 9.19. The van der Waals surface area contributed by atoms with Gasteiger partial charge in [-0.1, -0.05) is 24.6 Å². The lowest BCUT2D eigenvalue weighted by molar-refractivity contribution is 0.0472. The Labute approximate surface area is 165 Å². The van der Waals surface area contributed by atoms with E-state index in [0.717, 1.165) is 19.3 Å². The topological polar surface area (TPSA) is 87.5 Å². The van der Waals surface area contributed by atoms with Crippen molar-refractivity contribution in [2.24, 2.45) is 0 Å². The number of nitrogens with zero attached hydrogens (tertiary/aromatic N) is 2. The summed E-state index contributed by atoms with van der Waals surface area (Å²) in [7, 11) is -3.64. The van der Waals surface area contributed by atoms with Gasteiger partial charge in [0.1, 0.15) is 6.61 Å². The third kappa shape index (κ3) is 4.41. The van der Waals surface area contributed by atoms with Gasteiger partial charge in [-0.3, -0.25) is 0 Å². The molecule has 2 aromatic carbocycles. The molecule has 1 fully saturated rings. The quantitative estimate of drug-likeness (QED) is 0.721. The highest BCUT2D eigenvalue weighted by Gasteiger charge is 2.28. The SMILES string of the molecule is Cc1ccc(C(=O)OCc2cccc(C#N)c2)cc1S(=O)(=O)N1CCCCC1. The maximum Gasteiger partial charge on any atom is 0.338 e. The van der Waals surface area contributed by atoms with Crippen molar-refractivity contribution in [2.75, 3.05) is 13.1 Å². The minimum absolute atomic E-state index is 0.0104. The second-order valence-electron chi connectivity index (χ2n) is 6.83. The average Bonchev–Trinajstić information content (AvgIpc) is 2.73. The standard InChI is InChI=1S/C21H22N2O4S/c1-16-8-9-19(13-20(16)28(25,26)23-10-3-2-4-11-23)21(24)27-15-18-7-5-6-17(12-18)14-22/h5-9,12-13H,2-4,10-11,15H2,1H3. The molecule has 0 radical (unpaired) electrons. The average molecular weight is 398 g/mol. The van der Waals surface area contributed by atoms with E-state index in [4.69, 9.17) is 10.00 Å². The molecule has 0 amide bonds. The van der Waals surface area contributed by atoms with Crippen LogP contribution in [0.4, 0.5) is 0 Å². The normalized spacial score (nSPS) is 15.0. The number of nitriles is 1. The second kappa shape index (κ2) is 8.55. The Bertz CT molecular complexity index is 1020. The molecule has 0 bridgehead atoms. The van der Waals surface area contributed by atoms with E-state index in [-0.39, 0.29) is 17.1 Å². The maximum absolute atomic E-state index is 13.0. The number of hydrogen-bond donors (Lipinski definition) is 0. The summed E-state index contributed by atoms with van der Waals surface area (Å²) in [5, 5.41) is 8.94. The number of aryl methyl sites for hydroxylation is 1. The lowest BCUT2D eigenvalue weighted by atomic mass is 10.1. The summed E-state index contributed by atoms with van der Waals surface area (Å²) < 4.78 is 32.7. The fourth-order valence-corrected chi connectivity index (χ4v) is 4.98. The predicted molar refractivity (Wildman–Crippen MR) is 104 cm³/mol. The molecule has 6 nitrogen and oxygen atoms in total. The molecule has 0 atom stereocenters. The van der Waals surface area contributed by atoms with Crippen LogP contribution >= 0.6 is 0 Å². The third-order valence-corrected chi connectivity index (χ3v) is 6.82. The number of hydrogen-bond acceptors (Lipinski definition) is 5. The van der Waals surface area contributed by atoms with Crippen molar-refractivity contribution in [3.63, 3.8) is 0 Å². The molecule has 3 rings (SSSR count). The van der Waals surface area contributed by atoms with E-state index in [1.165, 1.54) is 10.4 Å². The molecule has 2 aromatic rings. The van der Waals surface area contributed by atoms with Gasteiger partial charge < -0.3 is 4.74 Å². The molecular formula is C21H22N2O4S. The molecule has 0 aliphatic carbocycles. The van der Waals surface area contributed by atoms with Crippen LogP contribution in [0.2, 0.25) is 0 Å². The number of carbonyl (C=O) groups excluding carboxylic acids is 1. The van der Waals surface area contributed by atoms with Crippen molar-refractivity contribution in [3.8, 4) is 6.07 Å². The van der Waals surface area contributed by atoms with Gasteiger partial charge in [0.2, 0.25) is 10.0 Å². The monoisotopic (exact) mass is 398 g/mol. The van der Waals surface area contributed by atoms with Crippen LogP contribution < -0.4 is 0 Å². The van der Waals surface area contributed by atoms with Gasteiger partial charge >= 0.3 is 5.97 Å². The zero-order chi connectivity index (χ0) is 20.1. The van der Waals surface area contributed by atoms with Gasteiger partial charge in [-0.25, -0.2) is 13.2 Å². The molecule has 0 spiro atoms. The van der Waals surface area contributed by atoms with E-state index < -0.39 is 16.0 Å². The van der Waals surface area contributed by atoms with Gasteiger partial charge in [0.05, 0.1) is 22.1 Å². The Hall–Kier alpha value is -2.69. The van der Waals surface area contributed by atoms with Crippen LogP contribution in [0.1, 0.15) is 46.3 Å². The number of sulfonamides is 1. The first kappa shape index (κ1) is 20.1. The zero-order valence-corrected chi connectivity index (χ0v) is 16.5. The van der Waals surface area contributed by atoms with Gasteiger partial charge in [-0.2, -0.15) is 9.57 Å². The van der Waals surface area contributed by atoms with E-state index in [2.05, 4.69) is 0 Å². The molecule has 0 saturated carbocycles. The Morgan fingerprint density at radius 2 is 1.89 bits per heavy atom. The summed E-state index contributed by atoms with van der Waals surface area (Å²) in [4.78, 5) is 12.6. The van der Waals surface area contributed by atoms with Crippen LogP contribution in [0, 0.1) is 18.3 Å². The fraction of sp³-hybridized carbons (Fsp3) is 0.333. The lowest BCUT2D eigenvalue weighted by Crippen LogP contribution is -2.36. The van der Waals surface area contributed by atoms with E-state index in [9.17, 15) is 13.2 Å². The molecule has 0 unspecified atom stereocenters. The lowest BCUT2D eigenvalue weighted by Gasteiger charge is -2.26. The van der Waals surface area contributed by atoms with Gasteiger partial charge in [0, 0.05) is 13.1 Å². The van der Waals surface area contributed by atoms with Gasteiger partial charge in [0.15, 0.2) is 0 Å². The summed E-state index contributed by atoms with van der Waals surface area (Å²) >= 11 is 0. The molecular weight excluding hydrogens is 376 g/mol. The van der Waals surface area contributed by atoms with Crippen LogP contribution in [0.25, 0.3) is 0 Å². The van der Waals surface area contributed by atoms with Crippen molar-refractivity contribution < 1.29 is 17.9 Å².